The van der Waals surface area contributed by atoms with E-state index in [4.69, 9.17) is 0 Å². The Kier molecular flexibility index (Phi) is 5.77. The largest absolute Gasteiger partial charge is 0.303 e. The number of hydrogen-bond acceptors (Lipinski definition) is 2. The molecule has 0 amide bonds. The molecule has 0 heterocycles. The summed E-state index contributed by atoms with van der Waals surface area (Å²) in [6.45, 7) is 9.05. The van der Waals surface area contributed by atoms with Gasteiger partial charge >= 0.3 is 0 Å². The van der Waals surface area contributed by atoms with Gasteiger partial charge in [0.1, 0.15) is 6.29 Å². The van der Waals surface area contributed by atoms with Crippen LogP contribution < -0.4 is 0 Å². The molecule has 0 aliphatic heterocycles. The van der Waals surface area contributed by atoms with E-state index in [-0.39, 0.29) is 11.7 Å². The highest BCUT2D eigenvalue weighted by atomic mass is 16.1. The first-order valence-corrected chi connectivity index (χ1v) is 4.36. The summed E-state index contributed by atoms with van der Waals surface area (Å²) < 4.78 is 0. The Balaban J connectivity index is 4.17. The third-order valence-electron chi connectivity index (χ3n) is 1.83. The normalized spacial score (nSPS) is 11.8. The lowest BCUT2D eigenvalue weighted by molar-refractivity contribution is -0.118. The van der Waals surface area contributed by atoms with Gasteiger partial charge in [0.15, 0.2) is 5.78 Å². The Bertz CT molecular complexity index is 216. The molecule has 72 valence electrons. The molecule has 0 rings (SSSR count). The molecule has 1 unspecified atom stereocenters. The molecule has 1 atom stereocenters. The smallest absolute Gasteiger partial charge is 0.158 e. The number of hydrogen-bond donors (Lipinski definition) is 0. The van der Waals surface area contributed by atoms with Gasteiger partial charge in [-0.2, -0.15) is 0 Å². The van der Waals surface area contributed by atoms with Crippen molar-refractivity contribution in [2.75, 3.05) is 0 Å². The molecule has 2 heteroatoms. The van der Waals surface area contributed by atoms with Gasteiger partial charge in [0.2, 0.25) is 0 Å². The fraction of sp³-hybridized carbons (Fsp3) is 0.455. The molecule has 0 N–H and O–H groups in total. The van der Waals surface area contributed by atoms with Crippen molar-refractivity contribution in [1.82, 2.24) is 0 Å². The van der Waals surface area contributed by atoms with Crippen LogP contribution in [0.4, 0.5) is 0 Å². The van der Waals surface area contributed by atoms with Crippen LogP contribution in [-0.4, -0.2) is 12.1 Å². The van der Waals surface area contributed by atoms with Crippen molar-refractivity contribution in [2.45, 2.75) is 26.2 Å². The number of allylic oxidation sites excluding steroid dienone is 2. The number of carbonyl (C=O) groups is 2. The first kappa shape index (κ1) is 11.8. The van der Waals surface area contributed by atoms with Crippen molar-refractivity contribution >= 4 is 12.1 Å². The third kappa shape index (κ3) is 5.12. The number of aldehydes is 1. The first-order chi connectivity index (χ1) is 6.11. The minimum absolute atomic E-state index is 0.00449. The maximum absolute atomic E-state index is 11.3. The van der Waals surface area contributed by atoms with Crippen LogP contribution in [0.1, 0.15) is 26.2 Å². The second-order valence-corrected chi connectivity index (χ2v) is 3.21. The summed E-state index contributed by atoms with van der Waals surface area (Å²) in [6.07, 6.45) is 3.83. The molecule has 0 spiro atoms. The lowest BCUT2D eigenvalue weighted by Gasteiger charge is -2.11. The molecule has 0 saturated carbocycles. The zero-order valence-corrected chi connectivity index (χ0v) is 8.08. The van der Waals surface area contributed by atoms with Gasteiger partial charge in [-0.1, -0.05) is 12.2 Å². The summed E-state index contributed by atoms with van der Waals surface area (Å²) in [5.74, 6) is -0.106. The Morgan fingerprint density at radius 1 is 1.54 bits per heavy atom. The van der Waals surface area contributed by atoms with Crippen LogP contribution in [0.5, 0.6) is 0 Å². The van der Waals surface area contributed by atoms with E-state index >= 15 is 0 Å². The standard InChI is InChI=1S/C11H16O2/c1-4-11(13)10(6-5-7-12)8-9(2)3/h4,7,10H,1-2,5-6,8H2,3H3. The third-order valence-corrected chi connectivity index (χ3v) is 1.83. The monoisotopic (exact) mass is 180 g/mol. The van der Waals surface area contributed by atoms with Crippen molar-refractivity contribution < 1.29 is 9.59 Å². The van der Waals surface area contributed by atoms with E-state index in [2.05, 4.69) is 13.2 Å². The summed E-state index contributed by atoms with van der Waals surface area (Å²) in [4.78, 5) is 21.4. The van der Waals surface area contributed by atoms with Gasteiger partial charge in [-0.15, -0.1) is 6.58 Å². The molecular weight excluding hydrogens is 164 g/mol. The van der Waals surface area contributed by atoms with E-state index in [1.807, 2.05) is 6.92 Å². The first-order valence-electron chi connectivity index (χ1n) is 4.36. The minimum atomic E-state index is -0.111. The molecule has 2 nitrogen and oxygen atoms in total. The summed E-state index contributed by atoms with van der Waals surface area (Å²) in [6, 6.07) is 0. The van der Waals surface area contributed by atoms with E-state index in [1.165, 1.54) is 6.08 Å². The van der Waals surface area contributed by atoms with E-state index in [9.17, 15) is 9.59 Å². The summed E-state index contributed by atoms with van der Waals surface area (Å²) in [5, 5.41) is 0. The lowest BCUT2D eigenvalue weighted by Crippen LogP contribution is -2.12. The molecule has 0 bridgehead atoms. The van der Waals surface area contributed by atoms with Gasteiger partial charge in [-0.3, -0.25) is 4.79 Å². The highest BCUT2D eigenvalue weighted by Gasteiger charge is 2.14. The van der Waals surface area contributed by atoms with Gasteiger partial charge in [0, 0.05) is 12.3 Å². The number of carbonyl (C=O) groups excluding carboxylic acids is 2. The van der Waals surface area contributed by atoms with Gasteiger partial charge < -0.3 is 4.79 Å². The van der Waals surface area contributed by atoms with E-state index in [0.717, 1.165) is 11.9 Å². The van der Waals surface area contributed by atoms with Crippen LogP contribution in [0, 0.1) is 5.92 Å². The highest BCUT2D eigenvalue weighted by Crippen LogP contribution is 2.16. The van der Waals surface area contributed by atoms with E-state index in [0.29, 0.717) is 19.3 Å². The highest BCUT2D eigenvalue weighted by molar-refractivity contribution is 5.91. The molecule has 0 aromatic rings. The van der Waals surface area contributed by atoms with Crippen molar-refractivity contribution in [1.29, 1.82) is 0 Å². The van der Waals surface area contributed by atoms with Crippen molar-refractivity contribution in [2.24, 2.45) is 5.92 Å². The van der Waals surface area contributed by atoms with Crippen LogP contribution in [-0.2, 0) is 9.59 Å². The van der Waals surface area contributed by atoms with Crippen molar-refractivity contribution in [3.63, 3.8) is 0 Å². The Labute approximate surface area is 79.3 Å². The summed E-state index contributed by atoms with van der Waals surface area (Å²) in [5.41, 5.74) is 0.964. The van der Waals surface area contributed by atoms with E-state index < -0.39 is 0 Å². The predicted molar refractivity (Wildman–Crippen MR) is 53.4 cm³/mol. The second kappa shape index (κ2) is 6.35. The molecule has 0 saturated heterocycles. The predicted octanol–water partition coefficient (Wildman–Crippen LogP) is 2.30. The second-order valence-electron chi connectivity index (χ2n) is 3.21. The maximum Gasteiger partial charge on any atom is 0.158 e. The zero-order valence-electron chi connectivity index (χ0n) is 8.08. The van der Waals surface area contributed by atoms with Gasteiger partial charge in [0.05, 0.1) is 0 Å². The Morgan fingerprint density at radius 2 is 2.15 bits per heavy atom. The fourth-order valence-electron chi connectivity index (χ4n) is 1.20. The van der Waals surface area contributed by atoms with Crippen LogP contribution in [0.2, 0.25) is 0 Å². The summed E-state index contributed by atoms with van der Waals surface area (Å²) >= 11 is 0. The average molecular weight is 180 g/mol. The molecule has 0 radical (unpaired) electrons. The number of rotatable bonds is 7. The number of ketones is 1. The van der Waals surface area contributed by atoms with Crippen molar-refractivity contribution in [3.05, 3.63) is 24.8 Å². The molecule has 0 aromatic heterocycles. The molecule has 0 aliphatic carbocycles. The molecule has 0 aromatic carbocycles. The van der Waals surface area contributed by atoms with Crippen LogP contribution >= 0.6 is 0 Å². The lowest BCUT2D eigenvalue weighted by atomic mass is 9.92. The van der Waals surface area contributed by atoms with Crippen molar-refractivity contribution in [3.8, 4) is 0 Å². The van der Waals surface area contributed by atoms with Gasteiger partial charge in [-0.05, 0) is 25.8 Å². The van der Waals surface area contributed by atoms with E-state index in [1.54, 1.807) is 0 Å². The summed E-state index contributed by atoms with van der Waals surface area (Å²) in [7, 11) is 0. The SMILES string of the molecule is C=CC(=O)C(CCC=O)CC(=C)C. The maximum atomic E-state index is 11.3. The average Bonchev–Trinajstić information content (AvgIpc) is 2.10. The fourth-order valence-corrected chi connectivity index (χ4v) is 1.20. The zero-order chi connectivity index (χ0) is 10.3. The Hall–Kier alpha value is -1.18. The molecular formula is C11H16O2. The minimum Gasteiger partial charge on any atom is -0.303 e. The molecule has 0 fully saturated rings. The topological polar surface area (TPSA) is 34.1 Å². The van der Waals surface area contributed by atoms with Crippen LogP contribution in [0.3, 0.4) is 0 Å². The Morgan fingerprint density at radius 3 is 2.54 bits per heavy atom. The van der Waals surface area contributed by atoms with Gasteiger partial charge in [0.25, 0.3) is 0 Å². The quantitative estimate of drug-likeness (QED) is 0.342. The van der Waals surface area contributed by atoms with Gasteiger partial charge in [-0.25, -0.2) is 0 Å². The van der Waals surface area contributed by atoms with Crippen LogP contribution in [0.25, 0.3) is 0 Å². The molecule has 13 heavy (non-hydrogen) atoms. The molecule has 0 aliphatic rings. The van der Waals surface area contributed by atoms with Crippen LogP contribution in [0.15, 0.2) is 24.8 Å².